The molecule has 0 aliphatic heterocycles. The topological polar surface area (TPSA) is 106 Å². The lowest BCUT2D eigenvalue weighted by Gasteiger charge is -2.10. The maximum Gasteiger partial charge on any atom is 0.339 e. The first-order chi connectivity index (χ1) is 12.6. The van der Waals surface area contributed by atoms with Crippen LogP contribution in [-0.4, -0.2) is 29.1 Å². The van der Waals surface area contributed by atoms with Crippen LogP contribution in [0.15, 0.2) is 53.2 Å². The predicted molar refractivity (Wildman–Crippen MR) is 94.5 cm³/mol. The zero-order chi connectivity index (χ0) is 18.5. The zero-order valence-electron chi connectivity index (χ0n) is 14.1. The van der Waals surface area contributed by atoms with Gasteiger partial charge in [-0.1, -0.05) is 17.3 Å². The van der Waals surface area contributed by atoms with Gasteiger partial charge in [-0.3, -0.25) is 4.79 Å². The standard InChI is InChI=1S/C18H16N4O4/c1-11-9-16(22-26-11)21-17(23)15-8-7-12(10-19-15)20-14-6-4-3-5-13(14)18(24)25-2/h3-10,20H,1-2H3,(H,21,22,23). The third kappa shape index (κ3) is 3.86. The number of nitrogens with zero attached hydrogens (tertiary/aromatic N) is 2. The fourth-order valence-electron chi connectivity index (χ4n) is 2.24. The number of amides is 1. The van der Waals surface area contributed by atoms with Gasteiger partial charge < -0.3 is 19.9 Å². The Bertz CT molecular complexity index is 934. The molecular formula is C18H16N4O4. The van der Waals surface area contributed by atoms with Crippen molar-refractivity contribution < 1.29 is 18.8 Å². The molecule has 0 bridgehead atoms. The van der Waals surface area contributed by atoms with E-state index in [9.17, 15) is 9.59 Å². The quantitative estimate of drug-likeness (QED) is 0.679. The van der Waals surface area contributed by atoms with Gasteiger partial charge in [-0.25, -0.2) is 9.78 Å². The fraction of sp³-hybridized carbons (Fsp3) is 0.111. The largest absolute Gasteiger partial charge is 0.465 e. The fourth-order valence-corrected chi connectivity index (χ4v) is 2.24. The molecule has 0 unspecified atom stereocenters. The number of anilines is 3. The maximum absolute atomic E-state index is 12.1. The first kappa shape index (κ1) is 17.2. The highest BCUT2D eigenvalue weighted by Crippen LogP contribution is 2.21. The molecule has 26 heavy (non-hydrogen) atoms. The number of nitrogens with one attached hydrogen (secondary N) is 2. The summed E-state index contributed by atoms with van der Waals surface area (Å²) >= 11 is 0. The molecule has 1 amide bonds. The summed E-state index contributed by atoms with van der Waals surface area (Å²) in [7, 11) is 1.32. The van der Waals surface area contributed by atoms with Crippen molar-refractivity contribution in [3.63, 3.8) is 0 Å². The average molecular weight is 352 g/mol. The van der Waals surface area contributed by atoms with Gasteiger partial charge in [0.1, 0.15) is 11.5 Å². The van der Waals surface area contributed by atoms with Gasteiger partial charge in [-0.15, -0.1) is 0 Å². The van der Waals surface area contributed by atoms with E-state index in [4.69, 9.17) is 9.26 Å². The third-order valence-electron chi connectivity index (χ3n) is 3.48. The van der Waals surface area contributed by atoms with E-state index >= 15 is 0 Å². The molecule has 2 aromatic heterocycles. The lowest BCUT2D eigenvalue weighted by molar-refractivity contribution is 0.0601. The average Bonchev–Trinajstić information content (AvgIpc) is 3.07. The van der Waals surface area contributed by atoms with E-state index < -0.39 is 11.9 Å². The Labute approximate surface area is 149 Å². The van der Waals surface area contributed by atoms with Crippen molar-refractivity contribution in [2.75, 3.05) is 17.7 Å². The smallest absolute Gasteiger partial charge is 0.339 e. The number of methoxy groups -OCH3 is 1. The third-order valence-corrected chi connectivity index (χ3v) is 3.48. The number of rotatable bonds is 5. The molecule has 3 rings (SSSR count). The monoisotopic (exact) mass is 352 g/mol. The Kier molecular flexibility index (Phi) is 4.93. The highest BCUT2D eigenvalue weighted by atomic mass is 16.5. The summed E-state index contributed by atoms with van der Waals surface area (Å²) in [4.78, 5) is 28.1. The molecule has 0 radical (unpaired) electrons. The maximum atomic E-state index is 12.1. The number of pyridine rings is 1. The summed E-state index contributed by atoms with van der Waals surface area (Å²) in [6, 6.07) is 11.8. The van der Waals surface area contributed by atoms with Gasteiger partial charge in [0.15, 0.2) is 5.82 Å². The van der Waals surface area contributed by atoms with Crippen molar-refractivity contribution in [2.24, 2.45) is 0 Å². The minimum Gasteiger partial charge on any atom is -0.465 e. The lowest BCUT2D eigenvalue weighted by Crippen LogP contribution is -2.13. The van der Waals surface area contributed by atoms with Crippen LogP contribution >= 0.6 is 0 Å². The van der Waals surface area contributed by atoms with E-state index in [0.717, 1.165) is 0 Å². The first-order valence-electron chi connectivity index (χ1n) is 7.72. The van der Waals surface area contributed by atoms with E-state index in [2.05, 4.69) is 20.8 Å². The van der Waals surface area contributed by atoms with Crippen molar-refractivity contribution in [2.45, 2.75) is 6.92 Å². The number of carbonyl (C=O) groups excluding carboxylic acids is 2. The van der Waals surface area contributed by atoms with Crippen LogP contribution in [0.5, 0.6) is 0 Å². The number of hydrogen-bond acceptors (Lipinski definition) is 7. The van der Waals surface area contributed by atoms with Gasteiger partial charge >= 0.3 is 5.97 Å². The predicted octanol–water partition coefficient (Wildman–Crippen LogP) is 3.16. The lowest BCUT2D eigenvalue weighted by atomic mass is 10.1. The van der Waals surface area contributed by atoms with Gasteiger partial charge in [0.2, 0.25) is 0 Å². The summed E-state index contributed by atoms with van der Waals surface area (Å²) in [6.07, 6.45) is 1.50. The van der Waals surface area contributed by atoms with Crippen LogP contribution < -0.4 is 10.6 Å². The zero-order valence-corrected chi connectivity index (χ0v) is 14.1. The van der Waals surface area contributed by atoms with Gasteiger partial charge in [0.05, 0.1) is 30.2 Å². The van der Waals surface area contributed by atoms with Crippen molar-refractivity contribution in [1.82, 2.24) is 10.1 Å². The molecule has 8 nitrogen and oxygen atoms in total. The minimum absolute atomic E-state index is 0.220. The van der Waals surface area contributed by atoms with Crippen molar-refractivity contribution in [1.29, 1.82) is 0 Å². The Morgan fingerprint density at radius 1 is 1.15 bits per heavy atom. The van der Waals surface area contributed by atoms with Crippen molar-refractivity contribution >= 4 is 29.1 Å². The number of ether oxygens (including phenoxy) is 1. The van der Waals surface area contributed by atoms with Crippen molar-refractivity contribution in [3.8, 4) is 0 Å². The number of para-hydroxylation sites is 1. The molecule has 3 aromatic rings. The number of hydrogen-bond donors (Lipinski definition) is 2. The van der Waals surface area contributed by atoms with Gasteiger partial charge in [0.25, 0.3) is 5.91 Å². The van der Waals surface area contributed by atoms with Gasteiger partial charge in [0, 0.05) is 6.07 Å². The highest BCUT2D eigenvalue weighted by Gasteiger charge is 2.13. The molecule has 0 saturated heterocycles. The van der Waals surface area contributed by atoms with E-state index in [-0.39, 0.29) is 5.69 Å². The molecule has 8 heteroatoms. The number of carbonyl (C=O) groups is 2. The van der Waals surface area contributed by atoms with Crippen molar-refractivity contribution in [3.05, 3.63) is 65.7 Å². The normalized spacial score (nSPS) is 10.2. The summed E-state index contributed by atoms with van der Waals surface area (Å²) in [6.45, 7) is 1.73. The highest BCUT2D eigenvalue weighted by molar-refractivity contribution is 6.02. The molecule has 0 spiro atoms. The van der Waals surface area contributed by atoms with Crippen LogP contribution in [0.1, 0.15) is 26.6 Å². The molecule has 2 heterocycles. The van der Waals surface area contributed by atoms with Crippen LogP contribution in [0.2, 0.25) is 0 Å². The van der Waals surface area contributed by atoms with Crippen LogP contribution in [0.4, 0.5) is 17.2 Å². The van der Waals surface area contributed by atoms with Crippen LogP contribution in [-0.2, 0) is 4.74 Å². The second-order valence-electron chi connectivity index (χ2n) is 5.37. The second-order valence-corrected chi connectivity index (χ2v) is 5.37. The minimum atomic E-state index is -0.444. The molecule has 132 valence electrons. The second kappa shape index (κ2) is 7.47. The Hall–Kier alpha value is -3.68. The van der Waals surface area contributed by atoms with Gasteiger partial charge in [-0.05, 0) is 31.2 Å². The summed E-state index contributed by atoms with van der Waals surface area (Å²) < 4.78 is 9.66. The molecule has 0 saturated carbocycles. The Morgan fingerprint density at radius 2 is 1.96 bits per heavy atom. The number of esters is 1. The number of aromatic nitrogens is 2. The molecule has 0 atom stereocenters. The molecule has 1 aromatic carbocycles. The number of benzene rings is 1. The molecule has 0 aliphatic carbocycles. The van der Waals surface area contributed by atoms with E-state index in [1.807, 2.05) is 0 Å². The molecule has 2 N–H and O–H groups in total. The SMILES string of the molecule is COC(=O)c1ccccc1Nc1ccc(C(=O)Nc2cc(C)on2)nc1. The Balaban J connectivity index is 1.72. The molecule has 0 fully saturated rings. The first-order valence-corrected chi connectivity index (χ1v) is 7.72. The van der Waals surface area contributed by atoms with Gasteiger partial charge in [-0.2, -0.15) is 0 Å². The summed E-state index contributed by atoms with van der Waals surface area (Å²) in [5.74, 6) is 0.0698. The van der Waals surface area contributed by atoms with E-state index in [0.29, 0.717) is 28.5 Å². The summed E-state index contributed by atoms with van der Waals surface area (Å²) in [5, 5.41) is 9.37. The van der Waals surface area contributed by atoms with Crippen LogP contribution in [0.3, 0.4) is 0 Å². The van der Waals surface area contributed by atoms with E-state index in [1.54, 1.807) is 49.4 Å². The molecular weight excluding hydrogens is 336 g/mol. The number of aryl methyl sites for hydroxylation is 1. The van der Waals surface area contributed by atoms with Crippen LogP contribution in [0, 0.1) is 6.92 Å². The van der Waals surface area contributed by atoms with Crippen LogP contribution in [0.25, 0.3) is 0 Å². The Morgan fingerprint density at radius 3 is 2.62 bits per heavy atom. The van der Waals surface area contributed by atoms with E-state index in [1.165, 1.54) is 13.3 Å². The molecule has 0 aliphatic rings. The summed E-state index contributed by atoms with van der Waals surface area (Å²) in [5.41, 5.74) is 1.82.